The molecule has 0 aliphatic carbocycles. The molecule has 7 heteroatoms. The van der Waals surface area contributed by atoms with Gasteiger partial charge < -0.3 is 11.5 Å². The number of quaternary nitrogens is 1. The summed E-state index contributed by atoms with van der Waals surface area (Å²) in [6, 6.07) is 8.68. The van der Waals surface area contributed by atoms with Crippen molar-refractivity contribution in [2.45, 2.75) is 19.4 Å². The summed E-state index contributed by atoms with van der Waals surface area (Å²) >= 11 is 0. The van der Waals surface area contributed by atoms with E-state index in [1.807, 2.05) is 0 Å². The maximum atomic E-state index is 5.20. The van der Waals surface area contributed by atoms with Gasteiger partial charge in [0.1, 0.15) is 13.1 Å². The molecule has 2 heterocycles. The molecule has 5 N–H and O–H groups in total. The van der Waals surface area contributed by atoms with Gasteiger partial charge in [-0.3, -0.25) is 5.32 Å². The number of nitrogens with two attached hydrogens (primary N) is 2. The average molecular weight is 298 g/mol. The molecule has 7 nitrogen and oxygen atoms in total. The van der Waals surface area contributed by atoms with Crippen LogP contribution >= 0.6 is 0 Å². The molecule has 2 unspecified atom stereocenters. The van der Waals surface area contributed by atoms with E-state index in [1.165, 1.54) is 0 Å². The maximum Gasteiger partial charge on any atom is 0.382 e. The topological polar surface area (TPSA) is 101 Å². The summed E-state index contributed by atoms with van der Waals surface area (Å²) < 4.78 is 0.656. The number of hydrogen-bond acceptors (Lipinski definition) is 4. The molecule has 1 aromatic carbocycles. The highest BCUT2D eigenvalue weighted by atomic mass is 15.8. The van der Waals surface area contributed by atoms with Crippen LogP contribution < -0.4 is 16.8 Å². The minimum Gasteiger partial charge on any atom is -0.369 e. The minimum absolute atomic E-state index is 0.0376. The molecule has 0 saturated heterocycles. The lowest BCUT2D eigenvalue weighted by atomic mass is 10.0. The molecule has 1 aromatic rings. The van der Waals surface area contributed by atoms with Crippen LogP contribution in [0, 0.1) is 0 Å². The number of nitrogens with one attached hydrogen (secondary N) is 1. The van der Waals surface area contributed by atoms with Gasteiger partial charge in [0, 0.05) is 17.7 Å². The van der Waals surface area contributed by atoms with Crippen LogP contribution in [0.4, 0.5) is 0 Å². The summed E-state index contributed by atoms with van der Waals surface area (Å²) in [7, 11) is 2.10. The van der Waals surface area contributed by atoms with E-state index in [-0.39, 0.29) is 5.96 Å². The second-order valence-electron chi connectivity index (χ2n) is 5.62. The molecule has 2 aliphatic heterocycles. The highest BCUT2D eigenvalue weighted by molar-refractivity contribution is 5.91. The van der Waals surface area contributed by atoms with E-state index in [1.54, 1.807) is 6.21 Å². The van der Waals surface area contributed by atoms with Crippen molar-refractivity contribution in [2.75, 3.05) is 7.05 Å². The van der Waals surface area contributed by atoms with Gasteiger partial charge in [0.25, 0.3) is 0 Å². The number of rotatable bonds is 4. The van der Waals surface area contributed by atoms with Crippen LogP contribution in [-0.2, 0) is 6.42 Å². The first-order valence-electron chi connectivity index (χ1n) is 7.14. The SMILES string of the molecule is CC1C=C(c2ccc(CC=NN=C(N)N)cc2)NC2=N[N+]21C. The highest BCUT2D eigenvalue weighted by Crippen LogP contribution is 2.32. The van der Waals surface area contributed by atoms with Crippen LogP contribution in [0.3, 0.4) is 0 Å². The lowest BCUT2D eigenvalue weighted by molar-refractivity contribution is -0.785. The molecule has 114 valence electrons. The minimum atomic E-state index is -0.0376. The van der Waals surface area contributed by atoms with Gasteiger partial charge in [0.05, 0.1) is 5.70 Å². The van der Waals surface area contributed by atoms with Gasteiger partial charge in [0.2, 0.25) is 5.96 Å². The molecule has 0 spiro atoms. The highest BCUT2D eigenvalue weighted by Gasteiger charge is 2.53. The van der Waals surface area contributed by atoms with E-state index in [0.29, 0.717) is 17.1 Å². The van der Waals surface area contributed by atoms with Crippen LogP contribution in [0.2, 0.25) is 0 Å². The van der Waals surface area contributed by atoms with Crippen molar-refractivity contribution < 1.29 is 4.59 Å². The van der Waals surface area contributed by atoms with Gasteiger partial charge in [-0.1, -0.05) is 24.3 Å². The third-order valence-electron chi connectivity index (χ3n) is 3.99. The molecular formula is C15H20N7+. The van der Waals surface area contributed by atoms with E-state index in [4.69, 9.17) is 11.5 Å². The molecular weight excluding hydrogens is 278 g/mol. The fourth-order valence-corrected chi connectivity index (χ4v) is 2.39. The molecule has 0 saturated carbocycles. The molecule has 0 radical (unpaired) electrons. The summed E-state index contributed by atoms with van der Waals surface area (Å²) in [5, 5.41) is 15.2. The van der Waals surface area contributed by atoms with Crippen molar-refractivity contribution in [3.8, 4) is 0 Å². The fourth-order valence-electron chi connectivity index (χ4n) is 2.39. The summed E-state index contributed by atoms with van der Waals surface area (Å²) in [5.74, 6) is 0.989. The first-order chi connectivity index (χ1) is 10.5. The van der Waals surface area contributed by atoms with Crippen molar-refractivity contribution in [3.05, 3.63) is 41.5 Å². The van der Waals surface area contributed by atoms with Crippen molar-refractivity contribution >= 4 is 23.8 Å². The van der Waals surface area contributed by atoms with E-state index < -0.39 is 0 Å². The number of nitrogens with zero attached hydrogens (tertiary/aromatic N) is 4. The Morgan fingerprint density at radius 3 is 2.73 bits per heavy atom. The molecule has 0 aromatic heterocycles. The standard InChI is InChI=1S/C15H20N7/c1-10-9-13(19-15-21-22(10,15)2)12-5-3-11(4-6-12)7-8-18-20-14(16)17/h3-6,8-10H,7H2,1-2H3,(H,19,21)(H4,16,17,20)/q+1. The van der Waals surface area contributed by atoms with E-state index in [9.17, 15) is 0 Å². The van der Waals surface area contributed by atoms with Crippen LogP contribution in [0.15, 0.2) is 45.6 Å². The van der Waals surface area contributed by atoms with Gasteiger partial charge in [-0.2, -0.15) is 5.10 Å². The second-order valence-corrected chi connectivity index (χ2v) is 5.62. The normalized spacial score (nSPS) is 25.8. The number of hydrogen-bond donors (Lipinski definition) is 3. The van der Waals surface area contributed by atoms with Crippen LogP contribution in [0.1, 0.15) is 18.1 Å². The zero-order valence-electron chi connectivity index (χ0n) is 12.7. The third-order valence-corrected chi connectivity index (χ3v) is 3.99. The first-order valence-corrected chi connectivity index (χ1v) is 7.14. The Bertz CT molecular complexity index is 695. The Hall–Kier alpha value is -2.67. The van der Waals surface area contributed by atoms with Crippen molar-refractivity contribution in [1.29, 1.82) is 0 Å². The van der Waals surface area contributed by atoms with Crippen LogP contribution in [-0.4, -0.2) is 35.8 Å². The largest absolute Gasteiger partial charge is 0.382 e. The van der Waals surface area contributed by atoms with Gasteiger partial charge in [0.15, 0.2) is 0 Å². The summed E-state index contributed by atoms with van der Waals surface area (Å²) in [6.07, 6.45) is 4.58. The van der Waals surface area contributed by atoms with E-state index in [0.717, 1.165) is 22.8 Å². The smallest absolute Gasteiger partial charge is 0.369 e. The fraction of sp³-hybridized carbons (Fsp3) is 0.267. The van der Waals surface area contributed by atoms with Crippen molar-refractivity contribution in [1.82, 2.24) is 5.32 Å². The van der Waals surface area contributed by atoms with E-state index >= 15 is 0 Å². The number of fused-ring (bicyclic) bond motifs is 1. The number of guanidine groups is 2. The van der Waals surface area contributed by atoms with Gasteiger partial charge in [-0.25, -0.2) is 0 Å². The predicted octanol–water partition coefficient (Wildman–Crippen LogP) is 0.552. The lowest BCUT2D eigenvalue weighted by Gasteiger charge is -2.22. The molecule has 2 atom stereocenters. The monoisotopic (exact) mass is 298 g/mol. The Morgan fingerprint density at radius 2 is 2.09 bits per heavy atom. The molecule has 0 amide bonds. The van der Waals surface area contributed by atoms with Crippen molar-refractivity contribution in [3.63, 3.8) is 0 Å². The third kappa shape index (κ3) is 2.71. The molecule has 22 heavy (non-hydrogen) atoms. The summed E-state index contributed by atoms with van der Waals surface area (Å²) in [6.45, 7) is 2.17. The number of likely N-dealkylation sites (N-methyl/N-ethyl adjacent to an activating group) is 1. The Kier molecular flexibility index (Phi) is 3.42. The average Bonchev–Trinajstić information content (AvgIpc) is 3.16. The van der Waals surface area contributed by atoms with Crippen LogP contribution in [0.5, 0.6) is 0 Å². The summed E-state index contributed by atoms with van der Waals surface area (Å²) in [5.41, 5.74) is 13.8. The zero-order chi connectivity index (χ0) is 15.7. The summed E-state index contributed by atoms with van der Waals surface area (Å²) in [4.78, 5) is 0. The molecule has 0 bridgehead atoms. The quantitative estimate of drug-likeness (QED) is 0.327. The first kappa shape index (κ1) is 14.3. The van der Waals surface area contributed by atoms with Gasteiger partial charge in [-0.15, -0.1) is 9.69 Å². The Morgan fingerprint density at radius 1 is 1.36 bits per heavy atom. The molecule has 3 rings (SSSR count). The van der Waals surface area contributed by atoms with Gasteiger partial charge >= 0.3 is 5.96 Å². The Balaban J connectivity index is 1.67. The number of benzene rings is 1. The Labute approximate surface area is 129 Å². The maximum absolute atomic E-state index is 5.20. The molecule has 0 fully saturated rings. The lowest BCUT2D eigenvalue weighted by Crippen LogP contribution is -2.44. The second kappa shape index (κ2) is 5.27. The predicted molar refractivity (Wildman–Crippen MR) is 88.6 cm³/mol. The molecule has 2 aliphatic rings. The van der Waals surface area contributed by atoms with E-state index in [2.05, 4.69) is 64.9 Å². The van der Waals surface area contributed by atoms with Gasteiger partial charge in [-0.05, 0) is 24.1 Å². The zero-order valence-corrected chi connectivity index (χ0v) is 12.7. The van der Waals surface area contributed by atoms with Crippen molar-refractivity contribution in [2.24, 2.45) is 26.8 Å². The van der Waals surface area contributed by atoms with Crippen LogP contribution in [0.25, 0.3) is 5.70 Å².